The van der Waals surface area contributed by atoms with E-state index in [4.69, 9.17) is 25.8 Å². The summed E-state index contributed by atoms with van der Waals surface area (Å²) >= 11 is 7.63. The number of carbonyl (C=O) groups is 1. The number of ether oxygens (including phenoxy) is 3. The third-order valence-corrected chi connectivity index (χ3v) is 5.52. The number of nitrogens with zero attached hydrogens (tertiary/aromatic N) is 1. The van der Waals surface area contributed by atoms with Gasteiger partial charge < -0.3 is 14.2 Å². The van der Waals surface area contributed by atoms with E-state index >= 15 is 0 Å². The third kappa shape index (κ3) is 3.84. The van der Waals surface area contributed by atoms with Gasteiger partial charge in [-0.1, -0.05) is 29.8 Å². The zero-order valence-electron chi connectivity index (χ0n) is 14.9. The highest BCUT2D eigenvalue weighted by Gasteiger charge is 2.16. The molecule has 0 unspecified atom stereocenters. The van der Waals surface area contributed by atoms with E-state index in [1.54, 1.807) is 19.2 Å². The number of hydrazone groups is 1. The van der Waals surface area contributed by atoms with Crippen LogP contribution in [0.2, 0.25) is 5.02 Å². The van der Waals surface area contributed by atoms with E-state index in [-0.39, 0.29) is 5.91 Å². The molecule has 0 aliphatic carbocycles. The maximum Gasteiger partial charge on any atom is 0.283 e. The number of halogens is 1. The van der Waals surface area contributed by atoms with Crippen LogP contribution in [0.3, 0.4) is 0 Å². The molecule has 0 radical (unpaired) electrons. The Bertz CT molecular complexity index is 1020. The van der Waals surface area contributed by atoms with E-state index in [2.05, 4.69) is 10.5 Å². The molecule has 0 spiro atoms. The van der Waals surface area contributed by atoms with Gasteiger partial charge >= 0.3 is 0 Å². The zero-order chi connectivity index (χ0) is 19.4. The predicted octanol–water partition coefficient (Wildman–Crippen LogP) is 4.34. The summed E-state index contributed by atoms with van der Waals surface area (Å²) in [7, 11) is 4.62. The van der Waals surface area contributed by atoms with Crippen LogP contribution in [-0.4, -0.2) is 33.5 Å². The van der Waals surface area contributed by atoms with Gasteiger partial charge in [-0.2, -0.15) is 5.10 Å². The molecule has 8 heteroatoms. The first kappa shape index (κ1) is 19.0. The molecule has 1 amide bonds. The Labute approximate surface area is 165 Å². The average Bonchev–Trinajstić information content (AvgIpc) is 3.04. The fourth-order valence-corrected chi connectivity index (χ4v) is 3.93. The number of hydrogen-bond acceptors (Lipinski definition) is 6. The zero-order valence-corrected chi connectivity index (χ0v) is 16.5. The fraction of sp³-hybridized carbons (Fsp3) is 0.158. The Kier molecular flexibility index (Phi) is 5.83. The highest BCUT2D eigenvalue weighted by molar-refractivity contribution is 7.21. The lowest BCUT2D eigenvalue weighted by Gasteiger charge is -2.11. The molecule has 0 atom stereocenters. The van der Waals surface area contributed by atoms with Gasteiger partial charge in [0.25, 0.3) is 5.91 Å². The van der Waals surface area contributed by atoms with E-state index in [1.807, 2.05) is 24.3 Å². The van der Waals surface area contributed by atoms with Crippen LogP contribution >= 0.6 is 22.9 Å². The minimum absolute atomic E-state index is 0.378. The van der Waals surface area contributed by atoms with Crippen LogP contribution in [0.15, 0.2) is 41.5 Å². The first-order valence-corrected chi connectivity index (χ1v) is 9.09. The van der Waals surface area contributed by atoms with E-state index < -0.39 is 0 Å². The molecule has 1 N–H and O–H groups in total. The first-order chi connectivity index (χ1) is 13.1. The molecule has 0 fully saturated rings. The average molecular weight is 405 g/mol. The topological polar surface area (TPSA) is 69.2 Å². The van der Waals surface area contributed by atoms with Gasteiger partial charge in [-0.25, -0.2) is 5.43 Å². The summed E-state index contributed by atoms with van der Waals surface area (Å²) < 4.78 is 16.8. The number of thiophene rings is 1. The molecule has 0 saturated carbocycles. The molecule has 27 heavy (non-hydrogen) atoms. The van der Waals surface area contributed by atoms with Crippen LogP contribution in [-0.2, 0) is 0 Å². The van der Waals surface area contributed by atoms with Crippen LogP contribution in [0, 0.1) is 0 Å². The van der Waals surface area contributed by atoms with Crippen molar-refractivity contribution in [3.63, 3.8) is 0 Å². The Morgan fingerprint density at radius 3 is 2.41 bits per heavy atom. The number of benzene rings is 2. The molecule has 2 aromatic carbocycles. The van der Waals surface area contributed by atoms with Crippen LogP contribution in [0.4, 0.5) is 0 Å². The van der Waals surface area contributed by atoms with Gasteiger partial charge in [0.1, 0.15) is 10.6 Å². The van der Waals surface area contributed by atoms with Crippen molar-refractivity contribution in [3.8, 4) is 17.2 Å². The van der Waals surface area contributed by atoms with Crippen LogP contribution in [0.25, 0.3) is 10.1 Å². The van der Waals surface area contributed by atoms with Gasteiger partial charge in [0.15, 0.2) is 11.5 Å². The van der Waals surface area contributed by atoms with Crippen molar-refractivity contribution >= 4 is 45.1 Å². The summed E-state index contributed by atoms with van der Waals surface area (Å²) in [6, 6.07) is 11.0. The predicted molar refractivity (Wildman–Crippen MR) is 108 cm³/mol. The number of hydrogen-bond donors (Lipinski definition) is 1. The second kappa shape index (κ2) is 8.28. The fourth-order valence-electron chi connectivity index (χ4n) is 2.53. The molecule has 140 valence electrons. The van der Waals surface area contributed by atoms with E-state index in [0.29, 0.717) is 32.7 Å². The largest absolute Gasteiger partial charge is 0.496 e. The van der Waals surface area contributed by atoms with Crippen molar-refractivity contribution in [3.05, 3.63) is 51.9 Å². The van der Waals surface area contributed by atoms with Crippen LogP contribution in [0.5, 0.6) is 17.2 Å². The molecule has 0 saturated heterocycles. The Morgan fingerprint density at radius 1 is 1.07 bits per heavy atom. The molecule has 0 aliphatic heterocycles. The number of rotatable bonds is 6. The molecule has 1 aromatic heterocycles. The summed E-state index contributed by atoms with van der Waals surface area (Å²) in [5.41, 5.74) is 3.12. The number of fused-ring (bicyclic) bond motifs is 1. The molecule has 3 aromatic rings. The lowest BCUT2D eigenvalue weighted by Crippen LogP contribution is -2.16. The number of carbonyl (C=O) groups excluding carboxylic acids is 1. The normalized spacial score (nSPS) is 11.0. The van der Waals surface area contributed by atoms with Gasteiger partial charge in [0, 0.05) is 21.7 Å². The minimum Gasteiger partial charge on any atom is -0.496 e. The monoisotopic (exact) mass is 404 g/mol. The molecule has 0 aliphatic rings. The Hall–Kier alpha value is -2.77. The summed E-state index contributed by atoms with van der Waals surface area (Å²) in [5.74, 6) is 1.22. The van der Waals surface area contributed by atoms with Crippen molar-refractivity contribution in [2.24, 2.45) is 5.10 Å². The minimum atomic E-state index is -0.378. The van der Waals surface area contributed by atoms with Gasteiger partial charge in [-0.3, -0.25) is 4.79 Å². The smallest absolute Gasteiger partial charge is 0.283 e. The van der Waals surface area contributed by atoms with Crippen LogP contribution in [0.1, 0.15) is 15.2 Å². The summed E-state index contributed by atoms with van der Waals surface area (Å²) in [6.45, 7) is 0. The maximum absolute atomic E-state index is 12.4. The van der Waals surface area contributed by atoms with E-state index in [1.165, 1.54) is 31.8 Å². The van der Waals surface area contributed by atoms with Crippen LogP contribution < -0.4 is 19.6 Å². The molecule has 6 nitrogen and oxygen atoms in total. The first-order valence-electron chi connectivity index (χ1n) is 7.89. The van der Waals surface area contributed by atoms with Crippen molar-refractivity contribution < 1.29 is 19.0 Å². The maximum atomic E-state index is 12.4. The van der Waals surface area contributed by atoms with E-state index in [9.17, 15) is 4.79 Å². The van der Waals surface area contributed by atoms with Crippen molar-refractivity contribution in [1.29, 1.82) is 0 Å². The van der Waals surface area contributed by atoms with E-state index in [0.717, 1.165) is 10.1 Å². The SMILES string of the molecule is COc1cc(OC)c(OC)cc1/C=N/NC(=O)c1sc2ccccc2c1Cl. The molecule has 1 heterocycles. The Morgan fingerprint density at radius 2 is 1.74 bits per heavy atom. The van der Waals surface area contributed by atoms with Gasteiger partial charge in [0.2, 0.25) is 0 Å². The summed E-state index contributed by atoms with van der Waals surface area (Å²) in [6.07, 6.45) is 1.47. The molecule has 3 rings (SSSR count). The molecular weight excluding hydrogens is 388 g/mol. The number of amides is 1. The third-order valence-electron chi connectivity index (χ3n) is 3.85. The van der Waals surface area contributed by atoms with Crippen molar-refractivity contribution in [1.82, 2.24) is 5.43 Å². The van der Waals surface area contributed by atoms with Gasteiger partial charge in [0.05, 0.1) is 32.6 Å². The highest BCUT2D eigenvalue weighted by Crippen LogP contribution is 2.35. The van der Waals surface area contributed by atoms with Crippen molar-refractivity contribution in [2.75, 3.05) is 21.3 Å². The quantitative estimate of drug-likeness (QED) is 0.490. The lowest BCUT2D eigenvalue weighted by atomic mass is 10.2. The lowest BCUT2D eigenvalue weighted by molar-refractivity contribution is 0.0959. The number of methoxy groups -OCH3 is 3. The van der Waals surface area contributed by atoms with Gasteiger partial charge in [-0.15, -0.1) is 11.3 Å². The second-order valence-electron chi connectivity index (χ2n) is 5.39. The molecular formula is C19H17ClN2O4S. The van der Waals surface area contributed by atoms with Crippen molar-refractivity contribution in [2.45, 2.75) is 0 Å². The summed E-state index contributed by atoms with van der Waals surface area (Å²) in [5, 5.41) is 5.29. The number of nitrogens with one attached hydrogen (secondary N) is 1. The summed E-state index contributed by atoms with van der Waals surface area (Å²) in [4.78, 5) is 12.8. The Balaban J connectivity index is 1.82. The van der Waals surface area contributed by atoms with Gasteiger partial charge in [-0.05, 0) is 12.1 Å². The molecule has 0 bridgehead atoms. The standard InChI is InChI=1S/C19H17ClN2O4S/c1-24-13-9-15(26-3)14(25-2)8-11(13)10-21-22-19(23)18-17(20)12-6-4-5-7-16(12)27-18/h4-10H,1-3H3,(H,22,23)/b21-10+. The second-order valence-corrected chi connectivity index (χ2v) is 6.82. The highest BCUT2D eigenvalue weighted by atomic mass is 35.5.